The molecule has 4 heteroatoms. The first-order chi connectivity index (χ1) is 6.24. The van der Waals surface area contributed by atoms with Crippen molar-refractivity contribution in [3.8, 4) is 0 Å². The standard InChI is InChI=1S/C9H15N3S/c1-9(6-10,7-2-3-7)12-8-11-4-5-13-8/h4-5,7H,2-3,6,10H2,1H3,(H,11,12). The molecule has 0 radical (unpaired) electrons. The van der Waals surface area contributed by atoms with Crippen molar-refractivity contribution < 1.29 is 0 Å². The number of thiazole rings is 1. The first-order valence-electron chi connectivity index (χ1n) is 4.62. The third-order valence-electron chi connectivity index (χ3n) is 2.73. The van der Waals surface area contributed by atoms with Crippen LogP contribution < -0.4 is 11.1 Å². The highest BCUT2D eigenvalue weighted by Gasteiger charge is 2.40. The fourth-order valence-corrected chi connectivity index (χ4v) is 2.23. The quantitative estimate of drug-likeness (QED) is 0.772. The minimum absolute atomic E-state index is 0.0534. The highest BCUT2D eigenvalue weighted by atomic mass is 32.1. The molecule has 1 aliphatic rings. The van der Waals surface area contributed by atoms with Gasteiger partial charge in [0.25, 0.3) is 0 Å². The zero-order chi connectivity index (χ0) is 9.31. The largest absolute Gasteiger partial charge is 0.355 e. The highest BCUT2D eigenvalue weighted by Crippen LogP contribution is 2.40. The lowest BCUT2D eigenvalue weighted by Gasteiger charge is -2.29. The number of anilines is 1. The van der Waals surface area contributed by atoms with Crippen LogP contribution in [0.4, 0.5) is 5.13 Å². The molecule has 72 valence electrons. The second-order valence-electron chi connectivity index (χ2n) is 3.86. The Balaban J connectivity index is 2.05. The summed E-state index contributed by atoms with van der Waals surface area (Å²) in [5.74, 6) is 0.737. The van der Waals surface area contributed by atoms with Gasteiger partial charge in [0.2, 0.25) is 0 Å². The van der Waals surface area contributed by atoms with Crippen molar-refractivity contribution >= 4 is 16.5 Å². The lowest BCUT2D eigenvalue weighted by molar-refractivity contribution is 0.459. The predicted octanol–water partition coefficient (Wildman–Crippen LogP) is 1.68. The Labute approximate surface area is 82.4 Å². The zero-order valence-corrected chi connectivity index (χ0v) is 8.60. The zero-order valence-electron chi connectivity index (χ0n) is 7.79. The van der Waals surface area contributed by atoms with Crippen LogP contribution in [0.25, 0.3) is 0 Å². The summed E-state index contributed by atoms with van der Waals surface area (Å²) in [6, 6.07) is 0. The topological polar surface area (TPSA) is 50.9 Å². The van der Waals surface area contributed by atoms with E-state index < -0.39 is 0 Å². The molecule has 3 nitrogen and oxygen atoms in total. The molecule has 3 N–H and O–H groups in total. The molecule has 0 spiro atoms. The summed E-state index contributed by atoms with van der Waals surface area (Å²) in [6.45, 7) is 2.86. The smallest absolute Gasteiger partial charge is 0.183 e. The summed E-state index contributed by atoms with van der Waals surface area (Å²) in [5.41, 5.74) is 5.83. The van der Waals surface area contributed by atoms with E-state index in [1.54, 1.807) is 11.3 Å². The van der Waals surface area contributed by atoms with E-state index in [2.05, 4.69) is 17.2 Å². The SMILES string of the molecule is CC(CN)(Nc1nccs1)C1CC1. The Kier molecular flexibility index (Phi) is 2.26. The van der Waals surface area contributed by atoms with Gasteiger partial charge in [-0.15, -0.1) is 11.3 Å². The summed E-state index contributed by atoms with van der Waals surface area (Å²) in [6.07, 6.45) is 4.41. The Morgan fingerprint density at radius 2 is 2.54 bits per heavy atom. The summed E-state index contributed by atoms with van der Waals surface area (Å²) in [7, 11) is 0. The van der Waals surface area contributed by atoms with Gasteiger partial charge in [-0.25, -0.2) is 4.98 Å². The van der Waals surface area contributed by atoms with E-state index in [1.807, 2.05) is 11.6 Å². The van der Waals surface area contributed by atoms with Crippen LogP contribution in [0.15, 0.2) is 11.6 Å². The fourth-order valence-electron chi connectivity index (χ4n) is 1.57. The Hall–Kier alpha value is -0.610. The molecule has 0 saturated heterocycles. The van der Waals surface area contributed by atoms with Crippen molar-refractivity contribution in [2.75, 3.05) is 11.9 Å². The van der Waals surface area contributed by atoms with Crippen LogP contribution in [0.3, 0.4) is 0 Å². The molecule has 0 amide bonds. The van der Waals surface area contributed by atoms with Crippen LogP contribution >= 0.6 is 11.3 Å². The van der Waals surface area contributed by atoms with E-state index in [9.17, 15) is 0 Å². The molecular formula is C9H15N3S. The van der Waals surface area contributed by atoms with Gasteiger partial charge >= 0.3 is 0 Å². The van der Waals surface area contributed by atoms with E-state index in [1.165, 1.54) is 12.8 Å². The van der Waals surface area contributed by atoms with Gasteiger partial charge in [0.1, 0.15) is 0 Å². The molecule has 0 aliphatic heterocycles. The molecule has 1 aromatic heterocycles. The second-order valence-corrected chi connectivity index (χ2v) is 4.75. The minimum atomic E-state index is 0.0534. The molecule has 1 heterocycles. The van der Waals surface area contributed by atoms with Crippen molar-refractivity contribution in [1.82, 2.24) is 4.98 Å². The van der Waals surface area contributed by atoms with Crippen LogP contribution in [0, 0.1) is 5.92 Å². The van der Waals surface area contributed by atoms with Gasteiger partial charge in [-0.3, -0.25) is 0 Å². The lowest BCUT2D eigenvalue weighted by atomic mass is 9.96. The van der Waals surface area contributed by atoms with Crippen molar-refractivity contribution in [3.63, 3.8) is 0 Å². The van der Waals surface area contributed by atoms with Gasteiger partial charge in [-0.2, -0.15) is 0 Å². The normalized spacial score (nSPS) is 21.1. The summed E-state index contributed by atoms with van der Waals surface area (Å²) < 4.78 is 0. The highest BCUT2D eigenvalue weighted by molar-refractivity contribution is 7.13. The van der Waals surface area contributed by atoms with Gasteiger partial charge in [0.15, 0.2) is 5.13 Å². The van der Waals surface area contributed by atoms with E-state index in [0.29, 0.717) is 6.54 Å². The second kappa shape index (κ2) is 3.27. The molecular weight excluding hydrogens is 182 g/mol. The summed E-state index contributed by atoms with van der Waals surface area (Å²) >= 11 is 1.63. The van der Waals surface area contributed by atoms with E-state index >= 15 is 0 Å². The van der Waals surface area contributed by atoms with E-state index in [4.69, 9.17) is 5.73 Å². The van der Waals surface area contributed by atoms with Crippen molar-refractivity contribution in [1.29, 1.82) is 0 Å². The van der Waals surface area contributed by atoms with Gasteiger partial charge in [0, 0.05) is 18.1 Å². The minimum Gasteiger partial charge on any atom is -0.355 e. The molecule has 13 heavy (non-hydrogen) atoms. The third-order valence-corrected chi connectivity index (χ3v) is 3.42. The van der Waals surface area contributed by atoms with Crippen LogP contribution in [0.5, 0.6) is 0 Å². The fraction of sp³-hybridized carbons (Fsp3) is 0.667. The van der Waals surface area contributed by atoms with Crippen LogP contribution in [-0.4, -0.2) is 17.1 Å². The number of nitrogens with zero attached hydrogens (tertiary/aromatic N) is 1. The van der Waals surface area contributed by atoms with Gasteiger partial charge in [-0.05, 0) is 25.7 Å². The molecule has 1 aliphatic carbocycles. The Bertz CT molecular complexity index is 268. The molecule has 1 saturated carbocycles. The average molecular weight is 197 g/mol. The van der Waals surface area contributed by atoms with Gasteiger partial charge < -0.3 is 11.1 Å². The Morgan fingerprint density at radius 3 is 3.00 bits per heavy atom. The third kappa shape index (κ3) is 1.84. The van der Waals surface area contributed by atoms with Crippen molar-refractivity contribution in [2.45, 2.75) is 25.3 Å². The Morgan fingerprint density at radius 1 is 1.77 bits per heavy atom. The maximum Gasteiger partial charge on any atom is 0.183 e. The number of aromatic nitrogens is 1. The first-order valence-corrected chi connectivity index (χ1v) is 5.50. The number of hydrogen-bond acceptors (Lipinski definition) is 4. The van der Waals surface area contributed by atoms with Crippen molar-refractivity contribution in [2.24, 2.45) is 11.7 Å². The number of rotatable bonds is 4. The van der Waals surface area contributed by atoms with Crippen molar-refractivity contribution in [3.05, 3.63) is 11.6 Å². The van der Waals surface area contributed by atoms with Gasteiger partial charge in [-0.1, -0.05) is 0 Å². The molecule has 1 unspecified atom stereocenters. The predicted molar refractivity (Wildman–Crippen MR) is 55.9 cm³/mol. The lowest BCUT2D eigenvalue weighted by Crippen LogP contribution is -2.44. The summed E-state index contributed by atoms with van der Waals surface area (Å²) in [4.78, 5) is 4.21. The number of hydrogen-bond donors (Lipinski definition) is 2. The molecule has 1 fully saturated rings. The van der Waals surface area contributed by atoms with Crippen LogP contribution in [0.1, 0.15) is 19.8 Å². The molecule has 1 aromatic rings. The molecule has 0 bridgehead atoms. The first kappa shape index (κ1) is 8.97. The molecule has 2 rings (SSSR count). The average Bonchev–Trinajstić information content (AvgIpc) is 2.88. The molecule has 1 atom stereocenters. The monoisotopic (exact) mass is 197 g/mol. The maximum absolute atomic E-state index is 5.78. The number of nitrogens with two attached hydrogens (primary N) is 1. The number of nitrogens with one attached hydrogen (secondary N) is 1. The van der Waals surface area contributed by atoms with E-state index in [0.717, 1.165) is 11.0 Å². The van der Waals surface area contributed by atoms with E-state index in [-0.39, 0.29) is 5.54 Å². The maximum atomic E-state index is 5.78. The van der Waals surface area contributed by atoms with Gasteiger partial charge in [0.05, 0.1) is 5.54 Å². The van der Waals surface area contributed by atoms with Crippen LogP contribution in [-0.2, 0) is 0 Å². The molecule has 0 aromatic carbocycles. The van der Waals surface area contributed by atoms with Crippen LogP contribution in [0.2, 0.25) is 0 Å². The summed E-state index contributed by atoms with van der Waals surface area (Å²) in [5, 5.41) is 6.39.